The highest BCUT2D eigenvalue weighted by Crippen LogP contribution is 2.29. The fourth-order valence-electron chi connectivity index (χ4n) is 1.26. The predicted octanol–water partition coefficient (Wildman–Crippen LogP) is 2.35. The quantitative estimate of drug-likeness (QED) is 0.531. The number of hydrogen-bond acceptors (Lipinski definition) is 4. The van der Waals surface area contributed by atoms with Gasteiger partial charge in [0.2, 0.25) is 0 Å². The minimum absolute atomic E-state index is 0.00736. The van der Waals surface area contributed by atoms with E-state index in [1.807, 2.05) is 0 Å². The Morgan fingerprint density at radius 1 is 0.875 bits per heavy atom. The van der Waals surface area contributed by atoms with Crippen LogP contribution in [0.1, 0.15) is 0 Å². The first-order valence-corrected chi connectivity index (χ1v) is 4.77. The summed E-state index contributed by atoms with van der Waals surface area (Å²) in [6, 6.07) is 11.7. The van der Waals surface area contributed by atoms with E-state index in [0.29, 0.717) is 22.9 Å². The van der Waals surface area contributed by atoms with Gasteiger partial charge in [0, 0.05) is 11.8 Å². The maximum Gasteiger partial charge on any atom is 0.142 e. The fourth-order valence-corrected chi connectivity index (χ4v) is 1.26. The molecule has 2 aromatic carbocycles. The lowest BCUT2D eigenvalue weighted by Crippen LogP contribution is -1.88. The zero-order chi connectivity index (χ0) is 11.5. The fraction of sp³-hybridized carbons (Fsp3) is 0. The van der Waals surface area contributed by atoms with Crippen LogP contribution < -0.4 is 16.2 Å². The lowest BCUT2D eigenvalue weighted by Gasteiger charge is -2.07. The number of phenolic OH excluding ortho intramolecular Hbond substituents is 1. The molecule has 0 aliphatic heterocycles. The first kappa shape index (κ1) is 10.2. The lowest BCUT2D eigenvalue weighted by molar-refractivity contribution is 0.457. The minimum atomic E-state index is 0.00736. The molecule has 0 saturated heterocycles. The van der Waals surface area contributed by atoms with Crippen LogP contribution in [-0.2, 0) is 0 Å². The van der Waals surface area contributed by atoms with Crippen molar-refractivity contribution < 1.29 is 9.84 Å². The van der Waals surface area contributed by atoms with Gasteiger partial charge in [0.25, 0.3) is 0 Å². The normalized spacial score (nSPS) is 10.0. The van der Waals surface area contributed by atoms with Gasteiger partial charge in [-0.2, -0.15) is 0 Å². The number of benzene rings is 2. The van der Waals surface area contributed by atoms with E-state index < -0.39 is 0 Å². The van der Waals surface area contributed by atoms with Crippen LogP contribution in [0.25, 0.3) is 0 Å². The third-order valence-corrected chi connectivity index (χ3v) is 2.12. The van der Waals surface area contributed by atoms with E-state index in [9.17, 15) is 5.11 Å². The molecule has 0 aromatic heterocycles. The molecule has 0 saturated carbocycles. The number of anilines is 2. The molecule has 0 amide bonds. The lowest BCUT2D eigenvalue weighted by atomic mass is 10.2. The van der Waals surface area contributed by atoms with Gasteiger partial charge in [0.15, 0.2) is 0 Å². The van der Waals surface area contributed by atoms with Gasteiger partial charge in [-0.05, 0) is 36.4 Å². The van der Waals surface area contributed by atoms with Crippen molar-refractivity contribution in [1.29, 1.82) is 0 Å². The number of aromatic hydroxyl groups is 1. The maximum atomic E-state index is 9.40. The van der Waals surface area contributed by atoms with Crippen LogP contribution in [0.15, 0.2) is 42.5 Å². The Bertz CT molecular complexity index is 495. The van der Waals surface area contributed by atoms with Crippen LogP contribution in [0.2, 0.25) is 0 Å². The third-order valence-electron chi connectivity index (χ3n) is 2.12. The van der Waals surface area contributed by atoms with Crippen molar-refractivity contribution in [2.24, 2.45) is 0 Å². The second-order valence-corrected chi connectivity index (χ2v) is 3.39. The van der Waals surface area contributed by atoms with Gasteiger partial charge in [0.05, 0.1) is 5.69 Å². The summed E-state index contributed by atoms with van der Waals surface area (Å²) >= 11 is 0. The number of ether oxygens (including phenoxy) is 1. The number of phenols is 1. The van der Waals surface area contributed by atoms with E-state index >= 15 is 0 Å². The van der Waals surface area contributed by atoms with Crippen LogP contribution in [-0.4, -0.2) is 5.11 Å². The maximum absolute atomic E-state index is 9.40. The number of nitrogen functional groups attached to an aromatic ring is 2. The molecule has 4 nitrogen and oxygen atoms in total. The van der Waals surface area contributed by atoms with E-state index in [4.69, 9.17) is 16.2 Å². The monoisotopic (exact) mass is 216 g/mol. The molecule has 2 rings (SSSR count). The summed E-state index contributed by atoms with van der Waals surface area (Å²) in [5.41, 5.74) is 12.0. The molecule has 0 radical (unpaired) electrons. The summed E-state index contributed by atoms with van der Waals surface area (Å²) in [5.74, 6) is 1.18. The van der Waals surface area contributed by atoms with Crippen molar-refractivity contribution in [3.05, 3.63) is 42.5 Å². The van der Waals surface area contributed by atoms with Crippen molar-refractivity contribution in [3.8, 4) is 17.2 Å². The van der Waals surface area contributed by atoms with Gasteiger partial charge in [-0.15, -0.1) is 0 Å². The molecule has 16 heavy (non-hydrogen) atoms. The van der Waals surface area contributed by atoms with Crippen molar-refractivity contribution in [2.75, 3.05) is 11.5 Å². The summed E-state index contributed by atoms with van der Waals surface area (Å²) in [7, 11) is 0. The first-order chi connectivity index (χ1) is 7.65. The Hall–Kier alpha value is -2.36. The van der Waals surface area contributed by atoms with Gasteiger partial charge >= 0.3 is 0 Å². The Balaban J connectivity index is 2.20. The molecular weight excluding hydrogens is 204 g/mol. The summed E-state index contributed by atoms with van der Waals surface area (Å²) in [6.07, 6.45) is 0. The van der Waals surface area contributed by atoms with Crippen LogP contribution in [0.4, 0.5) is 11.4 Å². The summed E-state index contributed by atoms with van der Waals surface area (Å²) in [6.45, 7) is 0. The van der Waals surface area contributed by atoms with E-state index in [1.165, 1.54) is 6.07 Å². The highest BCUT2D eigenvalue weighted by molar-refractivity contribution is 5.55. The molecule has 0 spiro atoms. The van der Waals surface area contributed by atoms with E-state index in [1.54, 1.807) is 36.4 Å². The molecule has 5 N–H and O–H groups in total. The number of rotatable bonds is 2. The summed E-state index contributed by atoms with van der Waals surface area (Å²) < 4.78 is 5.50. The zero-order valence-corrected chi connectivity index (χ0v) is 8.55. The Morgan fingerprint density at radius 2 is 1.50 bits per heavy atom. The average molecular weight is 216 g/mol. The van der Waals surface area contributed by atoms with Crippen LogP contribution in [0.3, 0.4) is 0 Å². The van der Waals surface area contributed by atoms with Crippen molar-refractivity contribution in [1.82, 2.24) is 0 Å². The largest absolute Gasteiger partial charge is 0.506 e. The van der Waals surface area contributed by atoms with Crippen LogP contribution in [0.5, 0.6) is 17.2 Å². The molecule has 0 aliphatic rings. The molecule has 0 atom stereocenters. The van der Waals surface area contributed by atoms with E-state index in [-0.39, 0.29) is 5.75 Å². The molecule has 4 heteroatoms. The second-order valence-electron chi connectivity index (χ2n) is 3.39. The highest BCUT2D eigenvalue weighted by Gasteiger charge is 2.01. The molecule has 0 bridgehead atoms. The molecule has 0 fully saturated rings. The third kappa shape index (κ3) is 2.17. The second kappa shape index (κ2) is 4.02. The minimum Gasteiger partial charge on any atom is -0.506 e. The Labute approximate surface area is 93.1 Å². The predicted molar refractivity (Wildman–Crippen MR) is 63.4 cm³/mol. The van der Waals surface area contributed by atoms with Crippen molar-refractivity contribution >= 4 is 11.4 Å². The van der Waals surface area contributed by atoms with Crippen LogP contribution in [0, 0.1) is 0 Å². The van der Waals surface area contributed by atoms with Crippen molar-refractivity contribution in [3.63, 3.8) is 0 Å². The van der Waals surface area contributed by atoms with Gasteiger partial charge in [-0.25, -0.2) is 0 Å². The molecule has 2 aromatic rings. The van der Waals surface area contributed by atoms with E-state index in [2.05, 4.69) is 0 Å². The van der Waals surface area contributed by atoms with E-state index in [0.717, 1.165) is 0 Å². The first-order valence-electron chi connectivity index (χ1n) is 4.77. The zero-order valence-electron chi connectivity index (χ0n) is 8.55. The SMILES string of the molecule is Nc1ccc(Oc2ccc(N)c(O)c2)cc1. The Morgan fingerprint density at radius 3 is 2.12 bits per heavy atom. The molecule has 0 aliphatic carbocycles. The van der Waals surface area contributed by atoms with Gasteiger partial charge in [0.1, 0.15) is 17.2 Å². The molecular formula is C12H12N2O2. The standard InChI is InChI=1S/C12H12N2O2/c13-8-1-3-9(4-2-8)16-10-5-6-11(14)12(15)7-10/h1-7,15H,13-14H2. The molecule has 0 unspecified atom stereocenters. The summed E-state index contributed by atoms with van der Waals surface area (Å²) in [5, 5.41) is 9.40. The van der Waals surface area contributed by atoms with Gasteiger partial charge in [-0.1, -0.05) is 0 Å². The number of nitrogens with two attached hydrogens (primary N) is 2. The van der Waals surface area contributed by atoms with Gasteiger partial charge in [-0.3, -0.25) is 0 Å². The highest BCUT2D eigenvalue weighted by atomic mass is 16.5. The smallest absolute Gasteiger partial charge is 0.142 e. The molecule has 82 valence electrons. The average Bonchev–Trinajstić information content (AvgIpc) is 2.27. The molecule has 0 heterocycles. The summed E-state index contributed by atoms with van der Waals surface area (Å²) in [4.78, 5) is 0. The van der Waals surface area contributed by atoms with Gasteiger partial charge < -0.3 is 21.3 Å². The number of hydrogen-bond donors (Lipinski definition) is 3. The Kier molecular flexibility index (Phi) is 2.55. The topological polar surface area (TPSA) is 81.5 Å². The van der Waals surface area contributed by atoms with Crippen molar-refractivity contribution in [2.45, 2.75) is 0 Å². The van der Waals surface area contributed by atoms with Crippen LogP contribution >= 0.6 is 0 Å².